The highest BCUT2D eigenvalue weighted by atomic mass is 32.2. The van der Waals surface area contributed by atoms with Crippen LogP contribution < -0.4 is 0 Å². The normalized spacial score (nSPS) is 19.1. The lowest BCUT2D eigenvalue weighted by molar-refractivity contribution is 0.0708. The molecule has 0 N–H and O–H groups in total. The van der Waals surface area contributed by atoms with E-state index in [-0.39, 0.29) is 23.5 Å². The van der Waals surface area contributed by atoms with Gasteiger partial charge in [-0.05, 0) is 63.6 Å². The van der Waals surface area contributed by atoms with Gasteiger partial charge in [-0.15, -0.1) is 0 Å². The third kappa shape index (κ3) is 3.49. The highest BCUT2D eigenvalue weighted by Gasteiger charge is 2.34. The fourth-order valence-electron chi connectivity index (χ4n) is 3.58. The monoisotopic (exact) mass is 360 g/mol. The van der Waals surface area contributed by atoms with Gasteiger partial charge in [-0.3, -0.25) is 4.79 Å². The molecule has 0 spiro atoms. The van der Waals surface area contributed by atoms with Gasteiger partial charge in [0.1, 0.15) is 0 Å². The molecule has 1 unspecified atom stereocenters. The Morgan fingerprint density at radius 3 is 2.20 bits per heavy atom. The highest BCUT2D eigenvalue weighted by Crippen LogP contribution is 2.21. The van der Waals surface area contributed by atoms with E-state index in [0.29, 0.717) is 18.5 Å². The number of sulfone groups is 1. The second kappa shape index (κ2) is 6.67. The van der Waals surface area contributed by atoms with Crippen LogP contribution in [0.2, 0.25) is 0 Å². The Balaban J connectivity index is 1.83. The Labute approximate surface area is 149 Å². The summed E-state index contributed by atoms with van der Waals surface area (Å²) in [4.78, 5) is 14.5. The number of hydrogen-bond acceptors (Lipinski definition) is 3. The molecule has 134 valence electrons. The average molecular weight is 360 g/mol. The van der Waals surface area contributed by atoms with Crippen molar-refractivity contribution >= 4 is 15.7 Å². The summed E-state index contributed by atoms with van der Waals surface area (Å²) in [5.74, 6) is 0.149. The number of aromatic nitrogens is 1. The first kappa shape index (κ1) is 17.7. The fraction of sp³-hybridized carbons (Fsp3) is 0.421. The average Bonchev–Trinajstić information content (AvgIpc) is 3.10. The summed E-state index contributed by atoms with van der Waals surface area (Å²) in [5, 5.41) is 0. The molecule has 6 heteroatoms. The zero-order chi connectivity index (χ0) is 18.2. The summed E-state index contributed by atoms with van der Waals surface area (Å²) in [5.41, 5.74) is 3.89. The molecule has 1 fully saturated rings. The van der Waals surface area contributed by atoms with Crippen LogP contribution in [0.1, 0.15) is 35.1 Å². The first-order chi connectivity index (χ1) is 11.8. The molecule has 1 atom stereocenters. The first-order valence-electron chi connectivity index (χ1n) is 8.59. The number of carbonyl (C=O) groups is 1. The van der Waals surface area contributed by atoms with Gasteiger partial charge in [0, 0.05) is 35.2 Å². The van der Waals surface area contributed by atoms with Crippen molar-refractivity contribution < 1.29 is 13.2 Å². The SMILES string of the molecule is CCN(C(=O)c1ccc(-n2c(C)ccc2C)cc1)C1CCS(=O)(=O)C1. The predicted molar refractivity (Wildman–Crippen MR) is 99.0 cm³/mol. The van der Waals surface area contributed by atoms with E-state index >= 15 is 0 Å². The van der Waals surface area contributed by atoms with Gasteiger partial charge in [-0.1, -0.05) is 0 Å². The summed E-state index contributed by atoms with van der Waals surface area (Å²) in [6, 6.07) is 11.4. The van der Waals surface area contributed by atoms with Gasteiger partial charge in [-0.25, -0.2) is 8.42 Å². The largest absolute Gasteiger partial charge is 0.335 e. The number of nitrogens with zero attached hydrogens (tertiary/aromatic N) is 2. The molecule has 5 nitrogen and oxygen atoms in total. The van der Waals surface area contributed by atoms with Crippen LogP contribution >= 0.6 is 0 Å². The minimum Gasteiger partial charge on any atom is -0.335 e. The van der Waals surface area contributed by atoms with E-state index in [1.165, 1.54) is 0 Å². The van der Waals surface area contributed by atoms with Crippen molar-refractivity contribution in [2.75, 3.05) is 18.1 Å². The molecule has 3 rings (SSSR count). The first-order valence-corrected chi connectivity index (χ1v) is 10.4. The fourth-order valence-corrected chi connectivity index (χ4v) is 5.31. The van der Waals surface area contributed by atoms with Gasteiger partial charge in [0.05, 0.1) is 11.5 Å². The summed E-state index contributed by atoms with van der Waals surface area (Å²) in [6.45, 7) is 6.50. The van der Waals surface area contributed by atoms with Crippen LogP contribution in [0.25, 0.3) is 5.69 Å². The van der Waals surface area contributed by atoms with E-state index in [2.05, 4.69) is 16.7 Å². The van der Waals surface area contributed by atoms with Crippen molar-refractivity contribution in [1.82, 2.24) is 9.47 Å². The second-order valence-electron chi connectivity index (χ2n) is 6.65. The maximum Gasteiger partial charge on any atom is 0.254 e. The molecule has 1 saturated heterocycles. The lowest BCUT2D eigenvalue weighted by atomic mass is 10.1. The van der Waals surface area contributed by atoms with Gasteiger partial charge < -0.3 is 9.47 Å². The van der Waals surface area contributed by atoms with Crippen LogP contribution in [-0.2, 0) is 9.84 Å². The molecule has 0 saturated carbocycles. The number of rotatable bonds is 4. The topological polar surface area (TPSA) is 59.4 Å². The lowest BCUT2D eigenvalue weighted by Crippen LogP contribution is -2.40. The van der Waals surface area contributed by atoms with Crippen molar-refractivity contribution in [2.45, 2.75) is 33.2 Å². The molecular formula is C19H24N2O3S. The molecule has 0 aliphatic carbocycles. The van der Waals surface area contributed by atoms with Gasteiger partial charge in [-0.2, -0.15) is 0 Å². The zero-order valence-electron chi connectivity index (χ0n) is 14.9. The Bertz CT molecular complexity index is 862. The minimum atomic E-state index is -3.01. The van der Waals surface area contributed by atoms with E-state index in [9.17, 15) is 13.2 Å². The quantitative estimate of drug-likeness (QED) is 0.842. The van der Waals surface area contributed by atoms with Crippen molar-refractivity contribution in [3.05, 3.63) is 53.3 Å². The predicted octanol–water partition coefficient (Wildman–Crippen LogP) is 2.74. The van der Waals surface area contributed by atoms with Crippen molar-refractivity contribution in [2.24, 2.45) is 0 Å². The molecule has 2 heterocycles. The Morgan fingerprint density at radius 1 is 1.12 bits per heavy atom. The maximum atomic E-state index is 12.8. The Hall–Kier alpha value is -2.08. The van der Waals surface area contributed by atoms with Gasteiger partial charge in [0.15, 0.2) is 9.84 Å². The molecular weight excluding hydrogens is 336 g/mol. The number of amides is 1. The molecule has 1 aromatic carbocycles. The molecule has 25 heavy (non-hydrogen) atoms. The highest BCUT2D eigenvalue weighted by molar-refractivity contribution is 7.91. The summed E-state index contributed by atoms with van der Waals surface area (Å²) >= 11 is 0. The molecule has 1 amide bonds. The van der Waals surface area contributed by atoms with Crippen LogP contribution in [0, 0.1) is 13.8 Å². The maximum absolute atomic E-state index is 12.8. The molecule has 0 bridgehead atoms. The van der Waals surface area contributed by atoms with Crippen LogP contribution in [0.4, 0.5) is 0 Å². The summed E-state index contributed by atoms with van der Waals surface area (Å²) < 4.78 is 25.6. The standard InChI is InChI=1S/C19H24N2O3S/c1-4-20(18-11-12-25(23,24)13-18)19(22)16-7-9-17(10-8-16)21-14(2)5-6-15(21)3/h5-10,18H,4,11-13H2,1-3H3. The molecule has 0 radical (unpaired) electrons. The Kier molecular flexibility index (Phi) is 4.73. The number of benzene rings is 1. The molecule has 1 aliphatic heterocycles. The summed E-state index contributed by atoms with van der Waals surface area (Å²) in [6.07, 6.45) is 0.530. The molecule has 2 aromatic rings. The van der Waals surface area contributed by atoms with Crippen LogP contribution in [0.15, 0.2) is 36.4 Å². The number of aryl methyl sites for hydroxylation is 2. The zero-order valence-corrected chi connectivity index (χ0v) is 15.7. The van der Waals surface area contributed by atoms with Crippen molar-refractivity contribution in [1.29, 1.82) is 0 Å². The Morgan fingerprint density at radius 2 is 1.72 bits per heavy atom. The third-order valence-electron chi connectivity index (χ3n) is 4.89. The van der Waals surface area contributed by atoms with Crippen LogP contribution in [-0.4, -0.2) is 47.9 Å². The second-order valence-corrected chi connectivity index (χ2v) is 8.88. The van der Waals surface area contributed by atoms with Gasteiger partial charge in [0.25, 0.3) is 5.91 Å². The third-order valence-corrected chi connectivity index (χ3v) is 6.64. The molecule has 1 aromatic heterocycles. The smallest absolute Gasteiger partial charge is 0.254 e. The minimum absolute atomic E-state index is 0.0758. The summed E-state index contributed by atoms with van der Waals surface area (Å²) in [7, 11) is -3.01. The van der Waals surface area contributed by atoms with Crippen LogP contribution in [0.5, 0.6) is 0 Å². The lowest BCUT2D eigenvalue weighted by Gasteiger charge is -2.27. The van der Waals surface area contributed by atoms with Crippen molar-refractivity contribution in [3.63, 3.8) is 0 Å². The van der Waals surface area contributed by atoms with Crippen LogP contribution in [0.3, 0.4) is 0 Å². The van der Waals surface area contributed by atoms with Gasteiger partial charge in [0.2, 0.25) is 0 Å². The van der Waals surface area contributed by atoms with E-state index in [1.807, 2.05) is 45.0 Å². The van der Waals surface area contributed by atoms with E-state index in [4.69, 9.17) is 0 Å². The van der Waals surface area contributed by atoms with E-state index < -0.39 is 9.84 Å². The number of hydrogen-bond donors (Lipinski definition) is 0. The van der Waals surface area contributed by atoms with E-state index in [1.54, 1.807) is 4.90 Å². The molecule has 1 aliphatic rings. The number of carbonyl (C=O) groups excluding carboxylic acids is 1. The van der Waals surface area contributed by atoms with E-state index in [0.717, 1.165) is 17.1 Å². The van der Waals surface area contributed by atoms with Gasteiger partial charge >= 0.3 is 0 Å². The van der Waals surface area contributed by atoms with Crippen molar-refractivity contribution in [3.8, 4) is 5.69 Å².